The monoisotopic (exact) mass is 210 g/mol. The highest BCUT2D eigenvalue weighted by Gasteiger charge is 2.37. The average molecular weight is 210 g/mol. The first-order valence-electron chi connectivity index (χ1n) is 5.64. The van der Waals surface area contributed by atoms with Crippen LogP contribution in [0.4, 0.5) is 4.79 Å². The molecule has 4 nitrogen and oxygen atoms in total. The summed E-state index contributed by atoms with van der Waals surface area (Å²) in [5.41, 5.74) is 0. The summed E-state index contributed by atoms with van der Waals surface area (Å²) in [4.78, 5) is 26.7. The molecule has 0 aromatic carbocycles. The number of urea groups is 1. The van der Waals surface area contributed by atoms with Gasteiger partial charge in [-0.1, -0.05) is 0 Å². The third-order valence-electron chi connectivity index (χ3n) is 3.62. The second-order valence-corrected chi connectivity index (χ2v) is 4.66. The zero-order valence-corrected chi connectivity index (χ0v) is 9.40. The van der Waals surface area contributed by atoms with E-state index in [4.69, 9.17) is 0 Å². The van der Waals surface area contributed by atoms with Crippen molar-refractivity contribution in [3.63, 3.8) is 0 Å². The highest BCUT2D eigenvalue weighted by Crippen LogP contribution is 2.25. The molecule has 0 aromatic heterocycles. The van der Waals surface area contributed by atoms with Crippen molar-refractivity contribution in [3.05, 3.63) is 0 Å². The maximum atomic E-state index is 11.9. The van der Waals surface area contributed by atoms with E-state index in [0.717, 1.165) is 19.4 Å². The van der Waals surface area contributed by atoms with Crippen LogP contribution in [0.15, 0.2) is 0 Å². The molecule has 1 saturated heterocycles. The van der Waals surface area contributed by atoms with Crippen molar-refractivity contribution in [3.8, 4) is 0 Å². The van der Waals surface area contributed by atoms with Crippen LogP contribution in [0.3, 0.4) is 0 Å². The van der Waals surface area contributed by atoms with Gasteiger partial charge in [-0.3, -0.25) is 4.79 Å². The quantitative estimate of drug-likeness (QED) is 0.653. The first-order valence-corrected chi connectivity index (χ1v) is 5.64. The number of likely N-dealkylation sites (N-methyl/N-ethyl adjacent to an activating group) is 1. The van der Waals surface area contributed by atoms with Crippen LogP contribution < -0.4 is 0 Å². The smallest absolute Gasteiger partial charge is 0.320 e. The summed E-state index contributed by atoms with van der Waals surface area (Å²) in [5, 5.41) is 0. The van der Waals surface area contributed by atoms with E-state index < -0.39 is 0 Å². The lowest BCUT2D eigenvalue weighted by atomic mass is 9.93. The van der Waals surface area contributed by atoms with Gasteiger partial charge in [0, 0.05) is 38.5 Å². The van der Waals surface area contributed by atoms with Crippen LogP contribution >= 0.6 is 0 Å². The maximum absolute atomic E-state index is 11.9. The molecule has 1 atom stereocenters. The molecule has 15 heavy (non-hydrogen) atoms. The summed E-state index contributed by atoms with van der Waals surface area (Å²) >= 11 is 0. The lowest BCUT2D eigenvalue weighted by molar-refractivity contribution is -0.121. The van der Waals surface area contributed by atoms with Gasteiger partial charge >= 0.3 is 6.03 Å². The van der Waals surface area contributed by atoms with Gasteiger partial charge in [-0.15, -0.1) is 0 Å². The fourth-order valence-corrected chi connectivity index (χ4v) is 2.42. The van der Waals surface area contributed by atoms with E-state index in [2.05, 4.69) is 6.92 Å². The Hall–Kier alpha value is -1.06. The molecule has 2 fully saturated rings. The Morgan fingerprint density at radius 1 is 1.20 bits per heavy atom. The summed E-state index contributed by atoms with van der Waals surface area (Å²) in [7, 11) is 1.85. The van der Waals surface area contributed by atoms with Crippen LogP contribution in [0.25, 0.3) is 0 Å². The molecule has 1 aliphatic heterocycles. The van der Waals surface area contributed by atoms with Crippen molar-refractivity contribution in [1.82, 2.24) is 9.80 Å². The van der Waals surface area contributed by atoms with Crippen molar-refractivity contribution in [2.24, 2.45) is 0 Å². The molecule has 2 aliphatic rings. The third kappa shape index (κ3) is 1.85. The summed E-state index contributed by atoms with van der Waals surface area (Å²) in [6, 6.07) is 0.722. The molecular formula is C11H18N2O2. The molecule has 0 bridgehead atoms. The number of hydrogen-bond acceptors (Lipinski definition) is 2. The molecule has 1 aliphatic carbocycles. The fourth-order valence-electron chi connectivity index (χ4n) is 2.42. The number of ketones is 1. The molecule has 0 radical (unpaired) electrons. The van der Waals surface area contributed by atoms with Gasteiger partial charge in [-0.25, -0.2) is 4.79 Å². The first kappa shape index (κ1) is 10.5. The average Bonchev–Trinajstić information content (AvgIpc) is 2.47. The minimum Gasteiger partial charge on any atom is -0.323 e. The number of carbonyl (C=O) groups excluding carboxylic acids is 2. The van der Waals surface area contributed by atoms with Crippen LogP contribution in [-0.4, -0.2) is 47.3 Å². The zero-order valence-electron chi connectivity index (χ0n) is 9.40. The molecule has 1 saturated carbocycles. The number of amides is 2. The van der Waals surface area contributed by atoms with Crippen LogP contribution in [0.1, 0.15) is 32.6 Å². The summed E-state index contributed by atoms with van der Waals surface area (Å²) in [5.74, 6) is 0.347. The topological polar surface area (TPSA) is 40.6 Å². The number of rotatable bonds is 1. The van der Waals surface area contributed by atoms with Crippen molar-refractivity contribution < 1.29 is 9.59 Å². The van der Waals surface area contributed by atoms with E-state index in [0.29, 0.717) is 30.7 Å². The highest BCUT2D eigenvalue weighted by atomic mass is 16.2. The van der Waals surface area contributed by atoms with Crippen LogP contribution in [0.5, 0.6) is 0 Å². The minimum atomic E-state index is 0.127. The van der Waals surface area contributed by atoms with Crippen LogP contribution in [0.2, 0.25) is 0 Å². The van der Waals surface area contributed by atoms with E-state index in [1.54, 1.807) is 4.90 Å². The number of Topliss-reactive ketones (excluding diaryl/α,β-unsaturated/α-hetero) is 1. The standard InChI is InChI=1S/C11H18N2O2/c1-8-7-13(11(15)12(8)2)9-3-5-10(14)6-4-9/h8-9H,3-7H2,1-2H3. The van der Waals surface area contributed by atoms with Gasteiger partial charge in [0.15, 0.2) is 0 Å². The van der Waals surface area contributed by atoms with Crippen LogP contribution in [-0.2, 0) is 4.79 Å². The van der Waals surface area contributed by atoms with E-state index in [-0.39, 0.29) is 6.03 Å². The molecular weight excluding hydrogens is 192 g/mol. The number of nitrogens with zero attached hydrogens (tertiary/aromatic N) is 2. The van der Waals surface area contributed by atoms with Gasteiger partial charge < -0.3 is 9.80 Å². The SMILES string of the molecule is CC1CN(C2CCC(=O)CC2)C(=O)N1C. The van der Waals surface area contributed by atoms with Crippen molar-refractivity contribution >= 4 is 11.8 Å². The number of hydrogen-bond donors (Lipinski definition) is 0. The van der Waals surface area contributed by atoms with E-state index >= 15 is 0 Å². The Kier molecular flexibility index (Phi) is 2.67. The lowest BCUT2D eigenvalue weighted by Gasteiger charge is -2.29. The Morgan fingerprint density at radius 3 is 2.27 bits per heavy atom. The van der Waals surface area contributed by atoms with E-state index in [9.17, 15) is 9.59 Å². The molecule has 4 heteroatoms. The Morgan fingerprint density at radius 2 is 1.80 bits per heavy atom. The van der Waals surface area contributed by atoms with Gasteiger partial charge in [0.05, 0.1) is 0 Å². The maximum Gasteiger partial charge on any atom is 0.320 e. The number of carbonyl (C=O) groups is 2. The molecule has 84 valence electrons. The fraction of sp³-hybridized carbons (Fsp3) is 0.818. The Balaban J connectivity index is 2.00. The highest BCUT2D eigenvalue weighted by molar-refractivity contribution is 5.80. The second-order valence-electron chi connectivity index (χ2n) is 4.66. The molecule has 1 heterocycles. The van der Waals surface area contributed by atoms with Gasteiger partial charge in [0.2, 0.25) is 0 Å². The minimum absolute atomic E-state index is 0.127. The van der Waals surface area contributed by atoms with Crippen molar-refractivity contribution in [2.75, 3.05) is 13.6 Å². The van der Waals surface area contributed by atoms with Gasteiger partial charge in [0.25, 0.3) is 0 Å². The van der Waals surface area contributed by atoms with E-state index in [1.165, 1.54) is 0 Å². The van der Waals surface area contributed by atoms with Gasteiger partial charge in [-0.05, 0) is 19.8 Å². The molecule has 0 spiro atoms. The summed E-state index contributed by atoms with van der Waals surface area (Å²) in [6.07, 6.45) is 3.00. The zero-order chi connectivity index (χ0) is 11.0. The molecule has 2 amide bonds. The molecule has 0 N–H and O–H groups in total. The summed E-state index contributed by atoms with van der Waals surface area (Å²) < 4.78 is 0. The van der Waals surface area contributed by atoms with E-state index in [1.807, 2.05) is 11.9 Å². The normalized spacial score (nSPS) is 29.1. The Labute approximate surface area is 90.2 Å². The van der Waals surface area contributed by atoms with Crippen molar-refractivity contribution in [1.29, 1.82) is 0 Å². The molecule has 0 aromatic rings. The predicted molar refractivity (Wildman–Crippen MR) is 56.6 cm³/mol. The largest absolute Gasteiger partial charge is 0.323 e. The van der Waals surface area contributed by atoms with Gasteiger partial charge in [0.1, 0.15) is 5.78 Å². The Bertz CT molecular complexity index is 280. The van der Waals surface area contributed by atoms with Gasteiger partial charge in [-0.2, -0.15) is 0 Å². The van der Waals surface area contributed by atoms with Crippen LogP contribution in [0, 0.1) is 0 Å². The lowest BCUT2D eigenvalue weighted by Crippen LogP contribution is -2.40. The molecule has 1 unspecified atom stereocenters. The predicted octanol–water partition coefficient (Wildman–Crippen LogP) is 1.25. The summed E-state index contributed by atoms with van der Waals surface area (Å²) in [6.45, 7) is 2.88. The first-order chi connectivity index (χ1) is 7.09. The third-order valence-corrected chi connectivity index (χ3v) is 3.62. The molecule has 2 rings (SSSR count). The second kappa shape index (κ2) is 3.83. The van der Waals surface area contributed by atoms with Crippen molar-refractivity contribution in [2.45, 2.75) is 44.7 Å².